The Labute approximate surface area is 91.2 Å². The molecule has 0 aliphatic heterocycles. The molecule has 4 N–H and O–H groups in total. The molecule has 0 aromatic carbocycles. The number of amides is 2. The molecule has 0 bridgehead atoms. The first-order valence-electron chi connectivity index (χ1n) is 3.56. The van der Waals surface area contributed by atoms with Crippen LogP contribution in [0.15, 0.2) is 0 Å². The van der Waals surface area contributed by atoms with Crippen molar-refractivity contribution in [2.75, 3.05) is 27.2 Å². The van der Waals surface area contributed by atoms with Crippen molar-refractivity contribution in [2.24, 2.45) is 5.84 Å². The number of urea groups is 1. The van der Waals surface area contributed by atoms with Gasteiger partial charge in [-0.3, -0.25) is 5.43 Å². The van der Waals surface area contributed by atoms with Crippen LogP contribution >= 0.6 is 24.8 Å². The van der Waals surface area contributed by atoms with Crippen LogP contribution in [0.2, 0.25) is 0 Å². The van der Waals surface area contributed by atoms with E-state index in [9.17, 15) is 4.79 Å². The van der Waals surface area contributed by atoms with Crippen LogP contribution in [-0.4, -0.2) is 38.1 Å². The molecule has 0 spiro atoms. The number of nitrogens with one attached hydrogen (secondary N) is 2. The number of hydrogen-bond donors (Lipinski definition) is 3. The summed E-state index contributed by atoms with van der Waals surface area (Å²) in [5.74, 6) is 4.84. The molecule has 0 saturated heterocycles. The lowest BCUT2D eigenvalue weighted by atomic mass is 10.4. The fourth-order valence-electron chi connectivity index (χ4n) is 0.648. The van der Waals surface area contributed by atoms with E-state index in [-0.39, 0.29) is 30.8 Å². The lowest BCUT2D eigenvalue weighted by Crippen LogP contribution is -2.40. The third-order valence-electron chi connectivity index (χ3n) is 1.20. The molecule has 0 aliphatic carbocycles. The summed E-state index contributed by atoms with van der Waals surface area (Å²) in [4.78, 5) is 12.6. The summed E-state index contributed by atoms with van der Waals surface area (Å²) in [6.45, 7) is 1.62. The molecular formula is C6H18Cl2N4O. The van der Waals surface area contributed by atoms with Crippen molar-refractivity contribution in [1.82, 2.24) is 15.6 Å². The Kier molecular flexibility index (Phi) is 16.8. The van der Waals surface area contributed by atoms with Crippen molar-refractivity contribution in [1.29, 1.82) is 0 Å². The predicted octanol–water partition coefficient (Wildman–Crippen LogP) is -0.0454. The van der Waals surface area contributed by atoms with Crippen LogP contribution in [0.1, 0.15) is 6.42 Å². The van der Waals surface area contributed by atoms with Crippen molar-refractivity contribution in [3.63, 3.8) is 0 Å². The second-order valence-corrected chi connectivity index (χ2v) is 2.56. The van der Waals surface area contributed by atoms with Crippen LogP contribution in [0, 0.1) is 0 Å². The summed E-state index contributed by atoms with van der Waals surface area (Å²) in [6, 6.07) is -0.330. The number of hydrazine groups is 1. The number of carbonyl (C=O) groups is 1. The molecule has 13 heavy (non-hydrogen) atoms. The predicted molar refractivity (Wildman–Crippen MR) is 58.4 cm³/mol. The number of halogens is 2. The van der Waals surface area contributed by atoms with Crippen LogP contribution in [0.4, 0.5) is 4.79 Å². The van der Waals surface area contributed by atoms with Gasteiger partial charge in [0.1, 0.15) is 0 Å². The summed E-state index contributed by atoms with van der Waals surface area (Å²) >= 11 is 0. The van der Waals surface area contributed by atoms with Crippen molar-refractivity contribution in [3.05, 3.63) is 0 Å². The maximum atomic E-state index is 10.5. The Morgan fingerprint density at radius 1 is 1.38 bits per heavy atom. The largest absolute Gasteiger partial charge is 0.337 e. The highest BCUT2D eigenvalue weighted by atomic mass is 35.5. The molecular weight excluding hydrogens is 215 g/mol. The molecule has 5 nitrogen and oxygen atoms in total. The minimum absolute atomic E-state index is 0. The Hall–Kier alpha value is -0.230. The lowest BCUT2D eigenvalue weighted by Gasteiger charge is -2.09. The van der Waals surface area contributed by atoms with E-state index >= 15 is 0 Å². The van der Waals surface area contributed by atoms with E-state index in [2.05, 4.69) is 10.2 Å². The Morgan fingerprint density at radius 2 is 1.92 bits per heavy atom. The molecule has 0 atom stereocenters. The normalized spacial score (nSPS) is 8.31. The highest BCUT2D eigenvalue weighted by molar-refractivity contribution is 5.85. The van der Waals surface area contributed by atoms with Gasteiger partial charge in [0.05, 0.1) is 0 Å². The summed E-state index contributed by atoms with van der Waals surface area (Å²) in [7, 11) is 3.98. The highest BCUT2D eigenvalue weighted by Gasteiger charge is 1.94. The van der Waals surface area contributed by atoms with Crippen molar-refractivity contribution < 1.29 is 4.79 Å². The van der Waals surface area contributed by atoms with Gasteiger partial charge in [-0.25, -0.2) is 10.6 Å². The van der Waals surface area contributed by atoms with Crippen molar-refractivity contribution >= 4 is 30.8 Å². The molecule has 0 radical (unpaired) electrons. The molecule has 0 aromatic rings. The first kappa shape index (κ1) is 18.5. The zero-order valence-electron chi connectivity index (χ0n) is 7.87. The molecule has 2 amide bonds. The van der Waals surface area contributed by atoms with Gasteiger partial charge in [0.15, 0.2) is 0 Å². The SMILES string of the molecule is CN(C)CCCNC(=O)NN.Cl.Cl. The Morgan fingerprint density at radius 3 is 2.31 bits per heavy atom. The van der Waals surface area contributed by atoms with Crippen LogP contribution in [0.5, 0.6) is 0 Å². The fraction of sp³-hybridized carbons (Fsp3) is 0.833. The number of rotatable bonds is 4. The van der Waals surface area contributed by atoms with E-state index in [1.54, 1.807) is 0 Å². The molecule has 0 aliphatic rings. The van der Waals surface area contributed by atoms with Crippen LogP contribution in [0.3, 0.4) is 0 Å². The van der Waals surface area contributed by atoms with Crippen LogP contribution < -0.4 is 16.6 Å². The summed E-state index contributed by atoms with van der Waals surface area (Å²) in [5, 5.41) is 2.59. The van der Waals surface area contributed by atoms with Crippen LogP contribution in [0.25, 0.3) is 0 Å². The topological polar surface area (TPSA) is 70.4 Å². The first-order valence-corrected chi connectivity index (χ1v) is 3.56. The maximum absolute atomic E-state index is 10.5. The van der Waals surface area contributed by atoms with Crippen LogP contribution in [-0.2, 0) is 0 Å². The van der Waals surface area contributed by atoms with Gasteiger partial charge < -0.3 is 10.2 Å². The summed E-state index contributed by atoms with van der Waals surface area (Å²) in [6.07, 6.45) is 0.931. The maximum Gasteiger partial charge on any atom is 0.328 e. The molecule has 0 unspecified atom stereocenters. The third-order valence-corrected chi connectivity index (χ3v) is 1.20. The van der Waals surface area contributed by atoms with Gasteiger partial charge in [-0.2, -0.15) is 0 Å². The van der Waals surface area contributed by atoms with Gasteiger partial charge in [0, 0.05) is 6.54 Å². The Bertz CT molecular complexity index is 123. The van der Waals surface area contributed by atoms with Gasteiger partial charge in [-0.15, -0.1) is 24.8 Å². The smallest absolute Gasteiger partial charge is 0.328 e. The van der Waals surface area contributed by atoms with E-state index < -0.39 is 0 Å². The average molecular weight is 233 g/mol. The summed E-state index contributed by atoms with van der Waals surface area (Å²) in [5.41, 5.74) is 1.99. The highest BCUT2D eigenvalue weighted by Crippen LogP contribution is 1.79. The molecule has 82 valence electrons. The molecule has 0 rings (SSSR count). The van der Waals surface area contributed by atoms with Gasteiger partial charge in [0.25, 0.3) is 0 Å². The first-order chi connectivity index (χ1) is 5.16. The average Bonchev–Trinajstić information content (AvgIpc) is 1.97. The lowest BCUT2D eigenvalue weighted by molar-refractivity contribution is 0.240. The van der Waals surface area contributed by atoms with Gasteiger partial charge in [-0.1, -0.05) is 0 Å². The second-order valence-electron chi connectivity index (χ2n) is 2.56. The number of nitrogens with zero attached hydrogens (tertiary/aromatic N) is 1. The number of hydrogen-bond acceptors (Lipinski definition) is 3. The van der Waals surface area contributed by atoms with Crippen molar-refractivity contribution in [2.45, 2.75) is 6.42 Å². The monoisotopic (exact) mass is 232 g/mol. The quantitative estimate of drug-likeness (QED) is 0.276. The zero-order chi connectivity index (χ0) is 8.69. The Balaban J connectivity index is -0.000000500. The van der Waals surface area contributed by atoms with Crippen molar-refractivity contribution in [3.8, 4) is 0 Å². The van der Waals surface area contributed by atoms with E-state index in [1.807, 2.05) is 19.5 Å². The van der Waals surface area contributed by atoms with E-state index in [1.165, 1.54) is 0 Å². The van der Waals surface area contributed by atoms with E-state index in [0.717, 1.165) is 13.0 Å². The molecule has 0 heterocycles. The third kappa shape index (κ3) is 14.6. The molecule has 7 heteroatoms. The number of carbonyl (C=O) groups excluding carboxylic acids is 1. The van der Waals surface area contributed by atoms with Gasteiger partial charge in [-0.05, 0) is 27.1 Å². The zero-order valence-corrected chi connectivity index (χ0v) is 9.50. The minimum atomic E-state index is -0.330. The second kappa shape index (κ2) is 11.8. The number of nitrogens with two attached hydrogens (primary N) is 1. The van der Waals surface area contributed by atoms with E-state index in [4.69, 9.17) is 5.84 Å². The molecule has 0 fully saturated rings. The fourth-order valence-corrected chi connectivity index (χ4v) is 0.648. The van der Waals surface area contributed by atoms with Gasteiger partial charge >= 0.3 is 6.03 Å². The summed E-state index contributed by atoms with van der Waals surface area (Å²) < 4.78 is 0. The van der Waals surface area contributed by atoms with Gasteiger partial charge in [0.2, 0.25) is 0 Å². The molecule has 0 aromatic heterocycles. The van der Waals surface area contributed by atoms with E-state index in [0.29, 0.717) is 6.54 Å². The molecule has 0 saturated carbocycles. The standard InChI is InChI=1S/C6H16N4O.2ClH/c1-10(2)5-3-4-8-6(11)9-7;;/h3-5,7H2,1-2H3,(H2,8,9,11);2*1H. The minimum Gasteiger partial charge on any atom is -0.337 e.